The molecule has 0 spiro atoms. The van der Waals surface area contributed by atoms with Gasteiger partial charge in [0.25, 0.3) is 5.91 Å². The number of imidazole rings is 1. The minimum absolute atomic E-state index is 0.226. The van der Waals surface area contributed by atoms with Crippen LogP contribution in [0.1, 0.15) is 68.2 Å². The van der Waals surface area contributed by atoms with Gasteiger partial charge in [-0.2, -0.15) is 0 Å². The van der Waals surface area contributed by atoms with Crippen LogP contribution in [0.4, 0.5) is 8.78 Å². The Balaban J connectivity index is 1.74. The molecule has 0 aliphatic heterocycles. The summed E-state index contributed by atoms with van der Waals surface area (Å²) in [5.74, 6) is -1.54. The first-order valence-electron chi connectivity index (χ1n) is 11.2. The summed E-state index contributed by atoms with van der Waals surface area (Å²) < 4.78 is 30.4. The second kappa shape index (κ2) is 9.57. The fraction of sp³-hybridized carbons (Fsp3) is 0.440. The van der Waals surface area contributed by atoms with Crippen molar-refractivity contribution in [3.8, 4) is 0 Å². The van der Waals surface area contributed by atoms with E-state index in [4.69, 9.17) is 16.6 Å². The molecule has 0 atom stereocenters. The van der Waals surface area contributed by atoms with Crippen molar-refractivity contribution in [3.63, 3.8) is 0 Å². The molecule has 4 nitrogen and oxygen atoms in total. The highest BCUT2D eigenvalue weighted by Gasteiger charge is 2.27. The molecule has 0 unspecified atom stereocenters. The van der Waals surface area contributed by atoms with Gasteiger partial charge < -0.3 is 9.47 Å². The van der Waals surface area contributed by atoms with Gasteiger partial charge in [-0.1, -0.05) is 44.4 Å². The van der Waals surface area contributed by atoms with E-state index in [0.29, 0.717) is 23.5 Å². The van der Waals surface area contributed by atoms with E-state index >= 15 is 0 Å². The van der Waals surface area contributed by atoms with E-state index in [1.165, 1.54) is 12.1 Å². The molecule has 170 valence electrons. The van der Waals surface area contributed by atoms with Crippen molar-refractivity contribution >= 4 is 28.5 Å². The van der Waals surface area contributed by atoms with Crippen LogP contribution >= 0.6 is 11.6 Å². The predicted molar refractivity (Wildman–Crippen MR) is 123 cm³/mol. The fourth-order valence-corrected chi connectivity index (χ4v) is 4.64. The van der Waals surface area contributed by atoms with Crippen molar-refractivity contribution < 1.29 is 13.6 Å². The first-order chi connectivity index (χ1) is 15.3. The average Bonchev–Trinajstić information content (AvgIpc) is 3.39. The third-order valence-corrected chi connectivity index (χ3v) is 6.43. The predicted octanol–water partition coefficient (Wildman–Crippen LogP) is 6.77. The number of benzene rings is 2. The molecule has 7 heteroatoms. The summed E-state index contributed by atoms with van der Waals surface area (Å²) in [5, 5.41) is 0.637. The van der Waals surface area contributed by atoms with Crippen molar-refractivity contribution in [3.05, 3.63) is 64.4 Å². The number of amides is 1. The summed E-state index contributed by atoms with van der Waals surface area (Å²) >= 11 is 6.28. The smallest absolute Gasteiger partial charge is 0.257 e. The van der Waals surface area contributed by atoms with E-state index in [2.05, 4.69) is 18.4 Å². The molecular weight excluding hydrogens is 432 g/mol. The SMILES string of the molecule is CC(C)CCN(Cc1nc2ccc(Cl)cc2n1C1CCCC1)C(=O)c1cccc(F)c1F. The molecule has 1 aliphatic carbocycles. The van der Waals surface area contributed by atoms with Crippen molar-refractivity contribution in [2.75, 3.05) is 6.54 Å². The Kier molecular flexibility index (Phi) is 6.79. The van der Waals surface area contributed by atoms with Gasteiger partial charge in [0.2, 0.25) is 0 Å². The number of rotatable bonds is 7. The second-order valence-corrected chi connectivity index (χ2v) is 9.42. The maximum atomic E-state index is 14.4. The third-order valence-electron chi connectivity index (χ3n) is 6.19. The van der Waals surface area contributed by atoms with Gasteiger partial charge in [-0.15, -0.1) is 0 Å². The van der Waals surface area contributed by atoms with Crippen LogP contribution < -0.4 is 0 Å². The molecule has 0 N–H and O–H groups in total. The Morgan fingerprint density at radius 1 is 1.22 bits per heavy atom. The molecule has 32 heavy (non-hydrogen) atoms. The lowest BCUT2D eigenvalue weighted by Crippen LogP contribution is -2.34. The molecule has 1 heterocycles. The van der Waals surface area contributed by atoms with E-state index in [1.54, 1.807) is 4.90 Å². The van der Waals surface area contributed by atoms with Crippen molar-refractivity contribution in [2.45, 2.75) is 58.5 Å². The van der Waals surface area contributed by atoms with Gasteiger partial charge in [0.1, 0.15) is 5.82 Å². The molecule has 3 aromatic rings. The highest BCUT2D eigenvalue weighted by atomic mass is 35.5. The van der Waals surface area contributed by atoms with E-state index < -0.39 is 17.5 Å². The molecule has 1 aromatic heterocycles. The van der Waals surface area contributed by atoms with E-state index in [-0.39, 0.29) is 12.1 Å². The van der Waals surface area contributed by atoms with Gasteiger partial charge >= 0.3 is 0 Å². The molecule has 0 saturated heterocycles. The standard InChI is InChI=1S/C25H28ClF2N3O/c1-16(2)12-13-30(25(32)19-8-5-9-20(27)24(19)28)15-23-29-21-11-10-17(26)14-22(21)31(23)18-6-3-4-7-18/h5,8-11,14,16,18H,3-4,6-7,12-13,15H2,1-2H3. The summed E-state index contributed by atoms with van der Waals surface area (Å²) in [5.41, 5.74) is 1.53. The summed E-state index contributed by atoms with van der Waals surface area (Å²) in [6, 6.07) is 9.63. The van der Waals surface area contributed by atoms with Gasteiger partial charge in [0, 0.05) is 17.6 Å². The van der Waals surface area contributed by atoms with Crippen LogP contribution in [0.2, 0.25) is 5.02 Å². The molecule has 0 bridgehead atoms. The zero-order valence-corrected chi connectivity index (χ0v) is 19.2. The number of hydrogen-bond donors (Lipinski definition) is 0. The molecular formula is C25H28ClF2N3O. The Labute approximate surface area is 192 Å². The number of nitrogens with zero attached hydrogens (tertiary/aromatic N) is 3. The maximum Gasteiger partial charge on any atom is 0.257 e. The molecule has 0 radical (unpaired) electrons. The van der Waals surface area contributed by atoms with Crippen molar-refractivity contribution in [1.82, 2.24) is 14.5 Å². The maximum absolute atomic E-state index is 14.4. The number of halogens is 3. The van der Waals surface area contributed by atoms with Gasteiger partial charge in [-0.05, 0) is 55.5 Å². The first-order valence-corrected chi connectivity index (χ1v) is 11.6. The van der Waals surface area contributed by atoms with Crippen LogP contribution in [0.3, 0.4) is 0 Å². The van der Waals surface area contributed by atoms with Crippen LogP contribution in [0.15, 0.2) is 36.4 Å². The van der Waals surface area contributed by atoms with Gasteiger partial charge in [-0.3, -0.25) is 4.79 Å². The lowest BCUT2D eigenvalue weighted by molar-refractivity contribution is 0.0722. The second-order valence-electron chi connectivity index (χ2n) is 8.98. The number of fused-ring (bicyclic) bond motifs is 1. The molecule has 1 saturated carbocycles. The van der Waals surface area contributed by atoms with Gasteiger partial charge in [0.05, 0.1) is 23.1 Å². The largest absolute Gasteiger partial charge is 0.331 e. The minimum atomic E-state index is -1.11. The van der Waals surface area contributed by atoms with Crippen molar-refractivity contribution in [2.24, 2.45) is 5.92 Å². The fourth-order valence-electron chi connectivity index (χ4n) is 4.47. The summed E-state index contributed by atoms with van der Waals surface area (Å²) in [6.07, 6.45) is 5.13. The van der Waals surface area contributed by atoms with Crippen LogP contribution in [-0.4, -0.2) is 26.9 Å². The van der Waals surface area contributed by atoms with Crippen molar-refractivity contribution in [1.29, 1.82) is 0 Å². The Hall–Kier alpha value is -2.47. The zero-order valence-electron chi connectivity index (χ0n) is 18.5. The summed E-state index contributed by atoms with van der Waals surface area (Å²) in [4.78, 5) is 19.7. The van der Waals surface area contributed by atoms with Crippen LogP contribution in [0, 0.1) is 17.6 Å². The highest BCUT2D eigenvalue weighted by Crippen LogP contribution is 2.35. The lowest BCUT2D eigenvalue weighted by Gasteiger charge is -2.25. The topological polar surface area (TPSA) is 38.1 Å². The third kappa shape index (κ3) is 4.65. The van der Waals surface area contributed by atoms with Gasteiger partial charge in [0.15, 0.2) is 11.6 Å². The summed E-state index contributed by atoms with van der Waals surface area (Å²) in [7, 11) is 0. The van der Waals surface area contributed by atoms with E-state index in [0.717, 1.165) is 55.0 Å². The van der Waals surface area contributed by atoms with E-state index in [1.807, 2.05) is 18.2 Å². The number of hydrogen-bond acceptors (Lipinski definition) is 2. The first kappa shape index (κ1) is 22.7. The molecule has 1 fully saturated rings. The van der Waals surface area contributed by atoms with Crippen LogP contribution in [-0.2, 0) is 6.54 Å². The minimum Gasteiger partial charge on any atom is -0.331 e. The zero-order chi connectivity index (χ0) is 22.8. The normalized spacial score (nSPS) is 14.6. The Bertz CT molecular complexity index is 1120. The van der Waals surface area contributed by atoms with Gasteiger partial charge in [-0.25, -0.2) is 13.8 Å². The molecule has 1 aliphatic rings. The number of aromatic nitrogens is 2. The molecule has 4 rings (SSSR count). The lowest BCUT2D eigenvalue weighted by atomic mass is 10.1. The average molecular weight is 460 g/mol. The van der Waals surface area contributed by atoms with Crippen LogP contribution in [0.25, 0.3) is 11.0 Å². The molecule has 2 aromatic carbocycles. The Morgan fingerprint density at radius 3 is 2.69 bits per heavy atom. The van der Waals surface area contributed by atoms with E-state index in [9.17, 15) is 13.6 Å². The quantitative estimate of drug-likeness (QED) is 0.391. The number of carbonyl (C=O) groups is 1. The van der Waals surface area contributed by atoms with Crippen LogP contribution in [0.5, 0.6) is 0 Å². The monoisotopic (exact) mass is 459 g/mol. The molecule has 1 amide bonds. The summed E-state index contributed by atoms with van der Waals surface area (Å²) in [6.45, 7) is 4.80. The highest BCUT2D eigenvalue weighted by molar-refractivity contribution is 6.31. The Morgan fingerprint density at radius 2 is 1.97 bits per heavy atom. The number of carbonyl (C=O) groups excluding carboxylic acids is 1.